The van der Waals surface area contributed by atoms with Crippen molar-refractivity contribution in [1.82, 2.24) is 10.2 Å². The Balaban J connectivity index is 2.74. The number of hydrogen-bond donors (Lipinski definition) is 1. The fourth-order valence-electron chi connectivity index (χ4n) is 1.35. The predicted octanol–water partition coefficient (Wildman–Crippen LogP) is 3.06. The van der Waals surface area contributed by atoms with Crippen molar-refractivity contribution in [2.45, 2.75) is 6.43 Å². The topological polar surface area (TPSA) is 71.8 Å². The molecule has 16 heavy (non-hydrogen) atoms. The summed E-state index contributed by atoms with van der Waals surface area (Å²) >= 11 is 5.60. The number of nitro groups is 1. The van der Waals surface area contributed by atoms with Crippen LogP contribution in [0.4, 0.5) is 14.5 Å². The fraction of sp³-hybridized carbons (Fsp3) is 0.125. The molecule has 0 aliphatic carbocycles. The van der Waals surface area contributed by atoms with Crippen molar-refractivity contribution in [3.63, 3.8) is 0 Å². The first-order valence-corrected chi connectivity index (χ1v) is 4.48. The summed E-state index contributed by atoms with van der Waals surface area (Å²) in [7, 11) is 0. The monoisotopic (exact) mass is 247 g/mol. The summed E-state index contributed by atoms with van der Waals surface area (Å²) in [6.07, 6.45) is -2.77. The highest BCUT2D eigenvalue weighted by atomic mass is 35.5. The fourth-order valence-corrected chi connectivity index (χ4v) is 1.57. The van der Waals surface area contributed by atoms with Crippen LogP contribution in [-0.2, 0) is 0 Å². The first kappa shape index (κ1) is 10.7. The van der Waals surface area contributed by atoms with Gasteiger partial charge in [-0.3, -0.25) is 15.2 Å². The van der Waals surface area contributed by atoms with Gasteiger partial charge in [-0.05, 0) is 6.07 Å². The minimum absolute atomic E-state index is 0.00565. The number of halogens is 3. The normalized spacial score (nSPS) is 11.2. The number of aromatic amines is 1. The van der Waals surface area contributed by atoms with Crippen LogP contribution in [0.5, 0.6) is 0 Å². The van der Waals surface area contributed by atoms with Crippen LogP contribution in [0.1, 0.15) is 12.1 Å². The Bertz CT molecular complexity index is 570. The maximum absolute atomic E-state index is 12.5. The minimum Gasteiger partial charge on any atom is -0.276 e. The molecule has 0 saturated heterocycles. The summed E-state index contributed by atoms with van der Waals surface area (Å²) in [5, 5.41) is 16.2. The first-order valence-electron chi connectivity index (χ1n) is 4.10. The maximum Gasteiger partial charge on any atom is 0.288 e. The molecule has 0 unspecified atom stereocenters. The molecule has 84 valence electrons. The molecule has 1 aromatic heterocycles. The van der Waals surface area contributed by atoms with Crippen LogP contribution in [0, 0.1) is 10.1 Å². The third-order valence-corrected chi connectivity index (χ3v) is 2.37. The van der Waals surface area contributed by atoms with Gasteiger partial charge in [-0.25, -0.2) is 8.78 Å². The molecule has 0 spiro atoms. The molecular weight excluding hydrogens is 244 g/mol. The van der Waals surface area contributed by atoms with Crippen LogP contribution in [0.2, 0.25) is 5.02 Å². The molecular formula is C8H4ClF2N3O2. The second-order valence-electron chi connectivity index (χ2n) is 3.02. The van der Waals surface area contributed by atoms with E-state index in [9.17, 15) is 18.9 Å². The van der Waals surface area contributed by atoms with Crippen LogP contribution in [0.3, 0.4) is 0 Å². The van der Waals surface area contributed by atoms with Crippen LogP contribution >= 0.6 is 11.6 Å². The van der Waals surface area contributed by atoms with Crippen molar-refractivity contribution in [2.75, 3.05) is 0 Å². The zero-order valence-electron chi connectivity index (χ0n) is 7.58. The van der Waals surface area contributed by atoms with Crippen molar-refractivity contribution in [2.24, 2.45) is 0 Å². The van der Waals surface area contributed by atoms with E-state index in [0.29, 0.717) is 0 Å². The van der Waals surface area contributed by atoms with Gasteiger partial charge in [0.05, 0.1) is 10.4 Å². The van der Waals surface area contributed by atoms with Crippen LogP contribution < -0.4 is 0 Å². The lowest BCUT2D eigenvalue weighted by atomic mass is 10.2. The zero-order valence-corrected chi connectivity index (χ0v) is 8.33. The zero-order chi connectivity index (χ0) is 11.9. The number of fused-ring (bicyclic) bond motifs is 1. The number of nitrogens with one attached hydrogen (secondary N) is 1. The molecule has 2 aromatic rings. The van der Waals surface area contributed by atoms with E-state index in [4.69, 9.17) is 11.6 Å². The standard InChI is InChI=1S/C8H4ClF2N3O2/c9-4-2-5-3(1-6(4)14(15)16)7(8(10)11)13-12-5/h1-2,8H,(H,12,13). The highest BCUT2D eigenvalue weighted by Gasteiger charge is 2.20. The van der Waals surface area contributed by atoms with E-state index in [1.165, 1.54) is 6.07 Å². The SMILES string of the molecule is O=[N+]([O-])c1cc2c(C(F)F)[nH]nc2cc1Cl. The number of benzene rings is 1. The third-order valence-electron chi connectivity index (χ3n) is 2.07. The Morgan fingerprint density at radius 1 is 1.50 bits per heavy atom. The molecule has 0 fully saturated rings. The molecule has 0 aliphatic rings. The van der Waals surface area contributed by atoms with Crippen molar-refractivity contribution >= 4 is 28.2 Å². The van der Waals surface area contributed by atoms with Gasteiger partial charge in [0.2, 0.25) is 0 Å². The Kier molecular flexibility index (Phi) is 2.47. The Morgan fingerprint density at radius 2 is 2.19 bits per heavy atom. The highest BCUT2D eigenvalue weighted by Crippen LogP contribution is 2.33. The van der Waals surface area contributed by atoms with E-state index in [0.717, 1.165) is 6.07 Å². The summed E-state index contributed by atoms with van der Waals surface area (Å²) in [4.78, 5) is 9.84. The summed E-state index contributed by atoms with van der Waals surface area (Å²) in [5.74, 6) is 0. The number of H-pyrrole nitrogens is 1. The minimum atomic E-state index is -2.77. The van der Waals surface area contributed by atoms with Gasteiger partial charge in [0.1, 0.15) is 10.7 Å². The highest BCUT2D eigenvalue weighted by molar-refractivity contribution is 6.33. The van der Waals surface area contributed by atoms with Crippen molar-refractivity contribution in [3.05, 3.63) is 33.0 Å². The van der Waals surface area contributed by atoms with Crippen LogP contribution in [0.25, 0.3) is 10.9 Å². The summed E-state index contributed by atoms with van der Waals surface area (Å²) < 4.78 is 25.0. The second kappa shape index (κ2) is 3.67. The van der Waals surface area contributed by atoms with Crippen molar-refractivity contribution in [3.8, 4) is 0 Å². The summed E-state index contributed by atoms with van der Waals surface area (Å²) in [6.45, 7) is 0. The van der Waals surface area contributed by atoms with E-state index in [1.54, 1.807) is 0 Å². The molecule has 0 aliphatic heterocycles. The lowest BCUT2D eigenvalue weighted by Crippen LogP contribution is -1.90. The number of alkyl halides is 2. The smallest absolute Gasteiger partial charge is 0.276 e. The third kappa shape index (κ3) is 1.58. The molecule has 0 amide bonds. The summed E-state index contributed by atoms with van der Waals surface area (Å²) in [5.41, 5.74) is -0.696. The number of hydrogen-bond acceptors (Lipinski definition) is 3. The molecule has 0 atom stereocenters. The number of rotatable bonds is 2. The average Bonchev–Trinajstić information content (AvgIpc) is 2.58. The van der Waals surface area contributed by atoms with E-state index < -0.39 is 22.7 Å². The molecule has 5 nitrogen and oxygen atoms in total. The molecule has 8 heteroatoms. The van der Waals surface area contributed by atoms with Crippen molar-refractivity contribution < 1.29 is 13.7 Å². The molecule has 0 bridgehead atoms. The van der Waals surface area contributed by atoms with Gasteiger partial charge < -0.3 is 0 Å². The molecule has 0 saturated carbocycles. The van der Waals surface area contributed by atoms with Gasteiger partial charge in [-0.1, -0.05) is 11.6 Å². The molecule has 2 rings (SSSR count). The lowest BCUT2D eigenvalue weighted by molar-refractivity contribution is -0.384. The van der Waals surface area contributed by atoms with E-state index >= 15 is 0 Å². The van der Waals surface area contributed by atoms with Gasteiger partial charge in [-0.2, -0.15) is 5.10 Å². The van der Waals surface area contributed by atoms with Crippen LogP contribution in [-0.4, -0.2) is 15.1 Å². The Morgan fingerprint density at radius 3 is 2.75 bits per heavy atom. The first-order chi connectivity index (χ1) is 7.50. The lowest BCUT2D eigenvalue weighted by Gasteiger charge is -1.97. The van der Waals surface area contributed by atoms with Crippen LogP contribution in [0.15, 0.2) is 12.1 Å². The molecule has 1 aromatic carbocycles. The Labute approximate surface area is 92.2 Å². The number of nitrogens with zero attached hydrogens (tertiary/aromatic N) is 2. The van der Waals surface area contributed by atoms with E-state index in [1.807, 2.05) is 0 Å². The van der Waals surface area contributed by atoms with Gasteiger partial charge >= 0.3 is 0 Å². The van der Waals surface area contributed by atoms with Gasteiger partial charge in [0, 0.05) is 11.5 Å². The molecule has 1 N–H and O–H groups in total. The van der Waals surface area contributed by atoms with Gasteiger partial charge in [0.25, 0.3) is 12.1 Å². The number of aromatic nitrogens is 2. The average molecular weight is 248 g/mol. The van der Waals surface area contributed by atoms with E-state index in [2.05, 4.69) is 10.2 Å². The molecule has 1 heterocycles. The van der Waals surface area contributed by atoms with E-state index in [-0.39, 0.29) is 15.9 Å². The summed E-state index contributed by atoms with van der Waals surface area (Å²) in [6, 6.07) is 2.17. The quantitative estimate of drug-likeness (QED) is 0.655. The maximum atomic E-state index is 12.5. The van der Waals surface area contributed by atoms with Gasteiger partial charge in [0.15, 0.2) is 0 Å². The number of nitro benzene ring substituents is 1. The Hall–Kier alpha value is -1.76. The largest absolute Gasteiger partial charge is 0.288 e. The predicted molar refractivity (Wildman–Crippen MR) is 52.7 cm³/mol. The van der Waals surface area contributed by atoms with Crippen molar-refractivity contribution in [1.29, 1.82) is 0 Å². The second-order valence-corrected chi connectivity index (χ2v) is 3.42. The molecule has 0 radical (unpaired) electrons. The van der Waals surface area contributed by atoms with Gasteiger partial charge in [-0.15, -0.1) is 0 Å².